The summed E-state index contributed by atoms with van der Waals surface area (Å²) in [5.41, 5.74) is -8.95. The van der Waals surface area contributed by atoms with Crippen LogP contribution in [0.5, 0.6) is 5.75 Å². The van der Waals surface area contributed by atoms with Crippen molar-refractivity contribution in [3.8, 4) is 28.8 Å². The number of fused-ring (bicyclic) bond motifs is 2. The second-order valence-electron chi connectivity index (χ2n) is 30.9. The number of carbonyl (C=O) groups excluding carboxylic acids is 6. The number of alkyl carbamates (subject to hydrolysis) is 1. The van der Waals surface area contributed by atoms with Crippen LogP contribution in [-0.4, -0.2) is 181 Å². The Morgan fingerprint density at radius 3 is 1.93 bits per heavy atom. The quantitative estimate of drug-likeness (QED) is 0.00600. The van der Waals surface area contributed by atoms with E-state index >= 15 is 44.7 Å². The molecule has 3 aromatic carbocycles. The third-order valence-electron chi connectivity index (χ3n) is 21.6. The molecule has 2 unspecified atom stereocenters. The van der Waals surface area contributed by atoms with Crippen LogP contribution in [-0.2, 0) is 77.1 Å². The number of carbonyl (C=O) groups is 7. The van der Waals surface area contributed by atoms with Crippen molar-refractivity contribution in [2.45, 2.75) is 179 Å². The second-order valence-corrected chi connectivity index (χ2v) is 32.1. The van der Waals surface area contributed by atoms with Crippen LogP contribution in [0.1, 0.15) is 138 Å². The number of piperazine rings is 1. The molecule has 5 heterocycles. The standard InChI is InChI=1S/C74H85F10N10O16P/c1-40-20-46(26-58(96)88-72-37-71(38-72,39-72)64(100)101)61(56(21-40)110-111(103,104)105)68(2,3)28-60(98)109-57(34-92(90-63(99)51(27-59(97)106-8)69(4,5)73(79,80)81)33-50-52(75)23-44(24-53(50)76)54-18-19-93(89-54)65(77)78)45(25-55(95)62(87-67(102)107-9)70(6,7)74(82,83)84)22-42-13-10-41(11-14-42)12-15-43-29-85-66(86-30-43)91-31-47-16-17-48(32-91)94(47)49-35-108-36-49/h10-11,13-14,18-21,23-24,29-30,45,47-49,51,57,62,65H,16-17,22,25-28,31-39H2,1-9H3,(H,87,102)(H,88,96)(H,90,99)(H,100,101)(H2,103,104,105)/t45-,47?,48?,51-,57+,62-,71?,72?/m1/s1. The highest BCUT2D eigenvalue weighted by molar-refractivity contribution is 7.46. The minimum atomic E-state index is -5.55. The number of anilines is 1. The average Bonchev–Trinajstić information content (AvgIpc) is 1.12. The number of esters is 2. The van der Waals surface area contributed by atoms with Gasteiger partial charge in [-0.15, -0.1) is 0 Å². The first-order chi connectivity index (χ1) is 51.7. The Morgan fingerprint density at radius 1 is 0.793 bits per heavy atom. The summed E-state index contributed by atoms with van der Waals surface area (Å²) in [7, 11) is -3.97. The summed E-state index contributed by atoms with van der Waals surface area (Å²) in [6, 6.07) is 9.09. The number of hydrogen-bond donors (Lipinski definition) is 6. The summed E-state index contributed by atoms with van der Waals surface area (Å²) < 4.78 is 192. The average molecular weight is 1590 g/mol. The van der Waals surface area contributed by atoms with Crippen LogP contribution in [0.4, 0.5) is 54.6 Å². The third-order valence-corrected chi connectivity index (χ3v) is 22.1. The largest absolute Gasteiger partial charge is 0.524 e. The lowest BCUT2D eigenvalue weighted by Crippen LogP contribution is -2.77. The molecule has 0 spiro atoms. The first kappa shape index (κ1) is 84.2. The molecule has 6 N–H and O–H groups in total. The van der Waals surface area contributed by atoms with E-state index < -0.39 is 199 Å². The van der Waals surface area contributed by atoms with Gasteiger partial charge in [-0.05, 0) is 112 Å². The molecule has 111 heavy (non-hydrogen) atoms. The van der Waals surface area contributed by atoms with Gasteiger partial charge in [-0.25, -0.2) is 37.8 Å². The minimum absolute atomic E-state index is 0.00900. The number of nitrogens with one attached hydrogen (secondary N) is 3. The number of hydrogen-bond acceptors (Lipinski definition) is 19. The highest BCUT2D eigenvalue weighted by Crippen LogP contribution is 2.67. The summed E-state index contributed by atoms with van der Waals surface area (Å²) in [6.45, 7) is 3.39. The molecule has 3 saturated heterocycles. The zero-order valence-electron chi connectivity index (χ0n) is 61.9. The Morgan fingerprint density at radius 2 is 1.40 bits per heavy atom. The summed E-state index contributed by atoms with van der Waals surface area (Å²) in [5, 5.41) is 18.7. The number of ketones is 1. The van der Waals surface area contributed by atoms with Crippen molar-refractivity contribution >= 4 is 55.4 Å². The Bertz CT molecular complexity index is 4410. The molecule has 0 radical (unpaired) electrons. The zero-order valence-corrected chi connectivity index (χ0v) is 62.8. The van der Waals surface area contributed by atoms with Gasteiger partial charge in [0.25, 0.3) is 0 Å². The summed E-state index contributed by atoms with van der Waals surface area (Å²) in [6.07, 6.45) is -12.8. The fourth-order valence-electron chi connectivity index (χ4n) is 15.5. The SMILES string of the molecule is COC(=O)C[C@H](C(=O)NN(Cc1c(F)cc(-c2ccn(C(F)F)n2)cc1F)C[C@H](OC(=O)CC(C)(C)c1c(CC(=O)NC23CC(C(=O)O)(C2)C3)cc(C)cc1OP(=O)(O)O)[C@@H](CC(=O)[C@@H](NC(=O)OC)C(C)(C)C(F)(F)F)Cc1ccc(C#Cc2cnc(N3CC4CCC(C3)N4C3COC3)nc2)cc1)C(C)(C)C(F)(F)F. The monoisotopic (exact) mass is 1590 g/mol. The molecule has 2 aromatic heterocycles. The molecule has 3 aliphatic heterocycles. The fraction of sp³-hybridized carbons (Fsp3) is 0.541. The van der Waals surface area contributed by atoms with Gasteiger partial charge in [-0.1, -0.05) is 57.7 Å². The van der Waals surface area contributed by atoms with E-state index in [4.69, 9.17) is 14.0 Å². The molecular weight excluding hydrogens is 1510 g/mol. The Labute approximate surface area is 631 Å². The summed E-state index contributed by atoms with van der Waals surface area (Å²) in [4.78, 5) is 132. The van der Waals surface area contributed by atoms with E-state index in [0.29, 0.717) is 106 Å². The lowest BCUT2D eigenvalue weighted by Gasteiger charge is -2.67. The Balaban J connectivity index is 1.07. The van der Waals surface area contributed by atoms with Crippen LogP contribution in [0.15, 0.2) is 73.2 Å². The number of nitrogens with zero attached hydrogens (tertiary/aromatic N) is 7. The van der Waals surface area contributed by atoms with Crippen LogP contribution < -0.4 is 25.5 Å². The van der Waals surface area contributed by atoms with E-state index in [9.17, 15) is 52.2 Å². The minimum Gasteiger partial charge on any atom is -0.481 e. The van der Waals surface area contributed by atoms with Crippen LogP contribution in [0.3, 0.4) is 0 Å². The van der Waals surface area contributed by atoms with Crippen molar-refractivity contribution in [3.05, 3.63) is 124 Å². The van der Waals surface area contributed by atoms with E-state index in [2.05, 4.69) is 56.9 Å². The number of rotatable bonds is 31. The van der Waals surface area contributed by atoms with Gasteiger partial charge in [0.05, 0.1) is 92.7 Å². The molecule has 5 aromatic rings. The molecule has 6 atom stereocenters. The maximum absolute atomic E-state index is 16.9. The third kappa shape index (κ3) is 19.1. The maximum atomic E-state index is 16.9. The van der Waals surface area contributed by atoms with Crippen molar-refractivity contribution in [1.29, 1.82) is 0 Å². The van der Waals surface area contributed by atoms with Gasteiger partial charge in [-0.2, -0.15) is 40.2 Å². The van der Waals surface area contributed by atoms with E-state index in [1.165, 1.54) is 57.2 Å². The highest BCUT2D eigenvalue weighted by Gasteiger charge is 2.72. The van der Waals surface area contributed by atoms with E-state index in [0.717, 1.165) is 39.3 Å². The number of alkyl halides is 8. The lowest BCUT2D eigenvalue weighted by molar-refractivity contribution is -0.231. The number of aliphatic carboxylic acids is 1. The zero-order chi connectivity index (χ0) is 81.5. The predicted octanol–water partition coefficient (Wildman–Crippen LogP) is 9.92. The van der Waals surface area contributed by atoms with Crippen molar-refractivity contribution in [3.63, 3.8) is 0 Å². The van der Waals surface area contributed by atoms with Crippen LogP contribution in [0.25, 0.3) is 11.3 Å². The molecule has 4 bridgehead atoms. The number of carboxylic acid groups (broad SMARTS) is 1. The normalized spacial score (nSPS) is 20.4. The molecule has 37 heteroatoms. The van der Waals surface area contributed by atoms with Gasteiger partial charge < -0.3 is 44.1 Å². The number of hydrazine groups is 1. The predicted molar refractivity (Wildman–Crippen MR) is 373 cm³/mol. The number of methoxy groups -OCH3 is 2. The first-order valence-electron chi connectivity index (χ1n) is 35.3. The number of aromatic nitrogens is 4. The van der Waals surface area contributed by atoms with Crippen LogP contribution >= 0.6 is 7.82 Å². The van der Waals surface area contributed by atoms with Crippen molar-refractivity contribution in [2.75, 3.05) is 52.0 Å². The topological polar surface area (TPSA) is 333 Å². The smallest absolute Gasteiger partial charge is 0.481 e. The van der Waals surface area contributed by atoms with Crippen LogP contribution in [0, 0.1) is 58.5 Å². The summed E-state index contributed by atoms with van der Waals surface area (Å²) in [5.74, 6) is -9.14. The molecule has 6 fully saturated rings. The van der Waals surface area contributed by atoms with Crippen molar-refractivity contribution in [2.24, 2.45) is 28.1 Å². The highest BCUT2D eigenvalue weighted by atomic mass is 31.2. The first-order valence-corrected chi connectivity index (χ1v) is 36.9. The molecular formula is C74H85F10N10O16P. The number of halogens is 10. The van der Waals surface area contributed by atoms with E-state index in [-0.39, 0.29) is 46.2 Å². The number of carboxylic acids is 1. The number of benzene rings is 3. The number of aryl methyl sites for hydroxylation is 1. The second kappa shape index (κ2) is 32.4. The van der Waals surface area contributed by atoms with Crippen molar-refractivity contribution in [1.82, 2.24) is 45.7 Å². The number of ether oxygens (including phenoxy) is 4. The van der Waals surface area contributed by atoms with Crippen molar-refractivity contribution < 1.29 is 120 Å². The van der Waals surface area contributed by atoms with Gasteiger partial charge in [-0.3, -0.25) is 48.9 Å². The van der Waals surface area contributed by atoms with E-state index in [1.807, 2.05) is 5.32 Å². The number of phosphoric ester groups is 1. The van der Waals surface area contributed by atoms with Gasteiger partial charge in [0.1, 0.15) is 29.5 Å². The van der Waals surface area contributed by atoms with Gasteiger partial charge in [0.15, 0.2) is 5.78 Å². The van der Waals surface area contributed by atoms with Gasteiger partial charge in [0.2, 0.25) is 17.8 Å². The number of amides is 3. The van der Waals surface area contributed by atoms with E-state index in [1.54, 1.807) is 12.4 Å². The number of phosphoric acid groups is 1. The maximum Gasteiger partial charge on any atom is 0.524 e. The Hall–Kier alpha value is -9.27. The van der Waals surface area contributed by atoms with Gasteiger partial charge >= 0.3 is 50.7 Å². The molecule has 3 saturated carbocycles. The molecule has 6 aliphatic rings. The Kier molecular flexibility index (Phi) is 24.6. The van der Waals surface area contributed by atoms with Crippen LogP contribution in [0.2, 0.25) is 0 Å². The molecule has 11 rings (SSSR count). The lowest BCUT2D eigenvalue weighted by atomic mass is 9.39. The van der Waals surface area contributed by atoms with Gasteiger partial charge in [0, 0.05) is 95.9 Å². The fourth-order valence-corrected chi connectivity index (χ4v) is 15.9. The molecule has 3 amide bonds. The molecule has 3 aliphatic carbocycles. The molecule has 26 nitrogen and oxygen atoms in total. The molecule has 602 valence electrons. The summed E-state index contributed by atoms with van der Waals surface area (Å²) >= 11 is 0. The number of Topliss-reactive ketones (excluding diaryl/α,β-unsaturated/α-hetero) is 1.